The highest BCUT2D eigenvalue weighted by Gasteiger charge is 2.39. The minimum atomic E-state index is -0.421. The van der Waals surface area contributed by atoms with Crippen LogP contribution in [0.1, 0.15) is 18.4 Å². The molecule has 0 bridgehead atoms. The molecule has 1 aromatic rings. The molecule has 2 atom stereocenters. The first-order valence-corrected chi connectivity index (χ1v) is 7.76. The minimum Gasteiger partial charge on any atom is -0.338 e. The van der Waals surface area contributed by atoms with Crippen LogP contribution in [-0.2, 0) is 11.2 Å². The summed E-state index contributed by atoms with van der Waals surface area (Å²) in [7, 11) is 2.09. The van der Waals surface area contributed by atoms with Crippen LogP contribution in [0.5, 0.6) is 0 Å². The summed E-state index contributed by atoms with van der Waals surface area (Å²) in [6.07, 6.45) is 2.48. The minimum absolute atomic E-state index is 0.0435. The van der Waals surface area contributed by atoms with Gasteiger partial charge in [0.15, 0.2) is 0 Å². The molecule has 0 N–H and O–H groups in total. The number of carbonyl (C=O) groups is 1. The second-order valence-electron chi connectivity index (χ2n) is 6.36. The average Bonchev–Trinajstić information content (AvgIpc) is 2.90. The van der Waals surface area contributed by atoms with Crippen LogP contribution in [0.2, 0.25) is 0 Å². The maximum absolute atomic E-state index is 12.6. The molecule has 118 valence electrons. The zero-order chi connectivity index (χ0) is 15.7. The van der Waals surface area contributed by atoms with Gasteiger partial charge in [0, 0.05) is 31.3 Å². The van der Waals surface area contributed by atoms with Crippen molar-refractivity contribution in [3.05, 3.63) is 39.9 Å². The molecule has 2 saturated heterocycles. The number of piperidine rings is 1. The number of carbonyl (C=O) groups excluding carboxylic acids is 1. The van der Waals surface area contributed by atoms with E-state index < -0.39 is 4.92 Å². The van der Waals surface area contributed by atoms with E-state index in [4.69, 9.17) is 0 Å². The summed E-state index contributed by atoms with van der Waals surface area (Å²) in [5.41, 5.74) is 0.758. The van der Waals surface area contributed by atoms with E-state index in [9.17, 15) is 14.9 Å². The molecule has 6 heteroatoms. The molecule has 0 unspecified atom stereocenters. The number of nitro benzene ring substituents is 1. The summed E-state index contributed by atoms with van der Waals surface area (Å²) in [5.74, 6) is 0.702. The lowest BCUT2D eigenvalue weighted by atomic mass is 9.92. The lowest BCUT2D eigenvalue weighted by Gasteiger charge is -2.36. The van der Waals surface area contributed by atoms with Crippen LogP contribution < -0.4 is 0 Å². The molecule has 0 radical (unpaired) electrons. The fourth-order valence-electron chi connectivity index (χ4n) is 3.66. The van der Waals surface area contributed by atoms with Gasteiger partial charge in [0.05, 0.1) is 11.3 Å². The van der Waals surface area contributed by atoms with Crippen molar-refractivity contribution >= 4 is 11.6 Å². The highest BCUT2D eigenvalue weighted by atomic mass is 16.6. The number of likely N-dealkylation sites (tertiary alicyclic amines) is 2. The zero-order valence-corrected chi connectivity index (χ0v) is 12.8. The highest BCUT2D eigenvalue weighted by Crippen LogP contribution is 2.31. The quantitative estimate of drug-likeness (QED) is 0.629. The summed E-state index contributed by atoms with van der Waals surface area (Å²) in [6.45, 7) is 2.86. The number of hydrogen-bond donors (Lipinski definition) is 0. The zero-order valence-electron chi connectivity index (χ0n) is 12.8. The van der Waals surface area contributed by atoms with Crippen molar-refractivity contribution in [2.45, 2.75) is 25.3 Å². The van der Waals surface area contributed by atoms with E-state index in [1.165, 1.54) is 12.1 Å². The number of non-ortho nitro benzene ring substituents is 1. The predicted molar refractivity (Wildman–Crippen MR) is 82.5 cm³/mol. The van der Waals surface area contributed by atoms with Gasteiger partial charge < -0.3 is 9.80 Å². The van der Waals surface area contributed by atoms with E-state index in [2.05, 4.69) is 11.9 Å². The van der Waals surface area contributed by atoms with Gasteiger partial charge in [0.1, 0.15) is 0 Å². The van der Waals surface area contributed by atoms with E-state index in [1.54, 1.807) is 12.1 Å². The molecule has 2 fully saturated rings. The molecule has 3 rings (SSSR count). The molecule has 0 spiro atoms. The topological polar surface area (TPSA) is 66.7 Å². The van der Waals surface area contributed by atoms with Gasteiger partial charge in [0.25, 0.3) is 5.69 Å². The van der Waals surface area contributed by atoms with Gasteiger partial charge in [-0.05, 0) is 37.9 Å². The van der Waals surface area contributed by atoms with E-state index in [1.807, 2.05) is 4.90 Å². The number of nitro groups is 1. The van der Waals surface area contributed by atoms with Crippen molar-refractivity contribution in [3.8, 4) is 0 Å². The Kier molecular flexibility index (Phi) is 4.11. The van der Waals surface area contributed by atoms with E-state index in [-0.39, 0.29) is 18.0 Å². The van der Waals surface area contributed by atoms with Crippen molar-refractivity contribution in [2.75, 3.05) is 26.7 Å². The number of hydrogen-bond acceptors (Lipinski definition) is 4. The van der Waals surface area contributed by atoms with Crippen molar-refractivity contribution in [3.63, 3.8) is 0 Å². The summed E-state index contributed by atoms with van der Waals surface area (Å²) in [5, 5.41) is 10.8. The molecule has 2 aliphatic rings. The molecule has 2 heterocycles. The molecule has 0 aliphatic carbocycles. The number of amides is 1. The van der Waals surface area contributed by atoms with Gasteiger partial charge in [-0.1, -0.05) is 12.1 Å². The van der Waals surface area contributed by atoms with Crippen LogP contribution in [0.3, 0.4) is 0 Å². The number of fused-ring (bicyclic) bond motifs is 1. The molecular formula is C16H21N3O3. The molecule has 1 aromatic carbocycles. The van der Waals surface area contributed by atoms with Crippen LogP contribution in [0, 0.1) is 16.0 Å². The Morgan fingerprint density at radius 2 is 2.14 bits per heavy atom. The van der Waals surface area contributed by atoms with Crippen LogP contribution in [0.25, 0.3) is 0 Å². The lowest BCUT2D eigenvalue weighted by molar-refractivity contribution is -0.384. The Hall–Kier alpha value is -1.95. The Bertz CT molecular complexity index is 590. The smallest absolute Gasteiger partial charge is 0.269 e. The average molecular weight is 303 g/mol. The second-order valence-corrected chi connectivity index (χ2v) is 6.36. The van der Waals surface area contributed by atoms with Crippen LogP contribution in [0.15, 0.2) is 24.3 Å². The third-order valence-electron chi connectivity index (χ3n) is 4.86. The van der Waals surface area contributed by atoms with Crippen LogP contribution in [0.4, 0.5) is 5.69 Å². The fraction of sp³-hybridized carbons (Fsp3) is 0.562. The first kappa shape index (κ1) is 15.0. The normalized spacial score (nSPS) is 25.0. The fourth-order valence-corrected chi connectivity index (χ4v) is 3.66. The first-order valence-electron chi connectivity index (χ1n) is 7.76. The first-order chi connectivity index (χ1) is 10.5. The van der Waals surface area contributed by atoms with E-state index in [0.29, 0.717) is 17.5 Å². The molecule has 2 aliphatic heterocycles. The summed E-state index contributed by atoms with van der Waals surface area (Å²) in [6, 6.07) is 6.69. The Labute approximate surface area is 129 Å². The largest absolute Gasteiger partial charge is 0.338 e. The van der Waals surface area contributed by atoms with Crippen molar-refractivity contribution in [2.24, 2.45) is 5.92 Å². The molecule has 0 aromatic heterocycles. The second kappa shape index (κ2) is 6.04. The monoisotopic (exact) mass is 303 g/mol. The third-order valence-corrected chi connectivity index (χ3v) is 4.86. The highest BCUT2D eigenvalue weighted by molar-refractivity contribution is 5.79. The van der Waals surface area contributed by atoms with Gasteiger partial charge in [-0.2, -0.15) is 0 Å². The number of nitrogens with zero attached hydrogens (tertiary/aromatic N) is 3. The number of benzene rings is 1. The van der Waals surface area contributed by atoms with Crippen LogP contribution in [-0.4, -0.2) is 53.4 Å². The third kappa shape index (κ3) is 2.97. The Morgan fingerprint density at radius 3 is 2.91 bits per heavy atom. The molecule has 1 amide bonds. The lowest BCUT2D eigenvalue weighted by Crippen LogP contribution is -2.48. The standard InChI is InChI=1S/C16H21N3O3/c1-17-7-5-13-6-8-18(15(13)11-17)16(20)10-12-3-2-4-14(9-12)19(21)22/h2-4,9,13,15H,5-8,10-11H2,1H3/t13-,15+/m1/s1. The van der Waals surface area contributed by atoms with Crippen LogP contribution >= 0.6 is 0 Å². The summed E-state index contributed by atoms with van der Waals surface area (Å²) < 4.78 is 0. The maximum atomic E-state index is 12.6. The predicted octanol–water partition coefficient (Wildman–Crippen LogP) is 1.69. The summed E-state index contributed by atoms with van der Waals surface area (Å²) in [4.78, 5) is 27.3. The number of likely N-dealkylation sites (N-methyl/N-ethyl adjacent to an activating group) is 1. The van der Waals surface area contributed by atoms with Gasteiger partial charge in [-0.15, -0.1) is 0 Å². The van der Waals surface area contributed by atoms with Crippen molar-refractivity contribution in [1.29, 1.82) is 0 Å². The molecular weight excluding hydrogens is 282 g/mol. The SMILES string of the molecule is CN1CC[C@@H]2CCN(C(=O)Cc3cccc([N+](=O)[O-])c3)[C@H]2C1. The van der Waals surface area contributed by atoms with Gasteiger partial charge in [0.2, 0.25) is 5.91 Å². The van der Waals surface area contributed by atoms with Crippen molar-refractivity contribution < 1.29 is 9.72 Å². The van der Waals surface area contributed by atoms with Gasteiger partial charge in [-0.3, -0.25) is 14.9 Å². The summed E-state index contributed by atoms with van der Waals surface area (Å²) >= 11 is 0. The Morgan fingerprint density at radius 1 is 1.36 bits per heavy atom. The molecule has 22 heavy (non-hydrogen) atoms. The van der Waals surface area contributed by atoms with Gasteiger partial charge in [-0.25, -0.2) is 0 Å². The van der Waals surface area contributed by atoms with Gasteiger partial charge >= 0.3 is 0 Å². The molecule has 6 nitrogen and oxygen atoms in total. The van der Waals surface area contributed by atoms with Crippen molar-refractivity contribution in [1.82, 2.24) is 9.80 Å². The van der Waals surface area contributed by atoms with E-state index >= 15 is 0 Å². The molecule has 0 saturated carbocycles. The number of rotatable bonds is 3. The maximum Gasteiger partial charge on any atom is 0.269 e. The van der Waals surface area contributed by atoms with E-state index in [0.717, 1.165) is 32.5 Å². The Balaban J connectivity index is 1.69.